The minimum absolute atomic E-state index is 0.208. The SMILES string of the molecule is Nc1ncnc2c([C@@H]3O[C@H](CO)[C@@H](O)[C@H]3O)[nH]nc12.S=c1cccc[nH]1. The number of H-pyrrole nitrogens is 2. The Balaban J connectivity index is 0.000000236. The van der Waals surface area contributed by atoms with Gasteiger partial charge >= 0.3 is 0 Å². The van der Waals surface area contributed by atoms with E-state index in [4.69, 9.17) is 27.8 Å². The van der Waals surface area contributed by atoms with E-state index in [1.165, 1.54) is 6.33 Å². The Morgan fingerprint density at radius 3 is 2.58 bits per heavy atom. The van der Waals surface area contributed by atoms with Crippen LogP contribution in [0.5, 0.6) is 0 Å². The van der Waals surface area contributed by atoms with Crippen LogP contribution in [0.25, 0.3) is 11.0 Å². The van der Waals surface area contributed by atoms with E-state index >= 15 is 0 Å². The minimum Gasteiger partial charge on any atom is -0.394 e. The third-order valence-corrected chi connectivity index (χ3v) is 4.16. The van der Waals surface area contributed by atoms with Gasteiger partial charge in [-0.1, -0.05) is 18.3 Å². The molecule has 26 heavy (non-hydrogen) atoms. The largest absolute Gasteiger partial charge is 0.394 e. The van der Waals surface area contributed by atoms with Crippen LogP contribution in [0.4, 0.5) is 5.82 Å². The first-order valence-electron chi connectivity index (χ1n) is 7.73. The van der Waals surface area contributed by atoms with Crippen molar-refractivity contribution in [3.8, 4) is 0 Å². The average molecular weight is 378 g/mol. The molecule has 4 atom stereocenters. The van der Waals surface area contributed by atoms with E-state index < -0.39 is 31.0 Å². The second kappa shape index (κ2) is 7.85. The first kappa shape index (κ1) is 18.4. The fourth-order valence-corrected chi connectivity index (χ4v) is 2.73. The molecule has 1 aliphatic heterocycles. The number of nitrogens with two attached hydrogens (primary N) is 1. The first-order chi connectivity index (χ1) is 12.5. The monoisotopic (exact) mass is 378 g/mol. The van der Waals surface area contributed by atoms with Crippen molar-refractivity contribution in [2.24, 2.45) is 0 Å². The average Bonchev–Trinajstić information content (AvgIpc) is 3.19. The predicted octanol–water partition coefficient (Wildman–Crippen LogP) is -0.167. The van der Waals surface area contributed by atoms with Crippen molar-refractivity contribution in [3.63, 3.8) is 0 Å². The zero-order valence-corrected chi connectivity index (χ0v) is 14.3. The Kier molecular flexibility index (Phi) is 5.54. The summed E-state index contributed by atoms with van der Waals surface area (Å²) < 4.78 is 6.19. The number of anilines is 1. The number of aromatic amines is 2. The summed E-state index contributed by atoms with van der Waals surface area (Å²) >= 11 is 4.76. The number of nitrogens with zero attached hydrogens (tertiary/aromatic N) is 3. The quantitative estimate of drug-likeness (QED) is 0.332. The van der Waals surface area contributed by atoms with E-state index in [2.05, 4.69) is 25.1 Å². The third-order valence-electron chi connectivity index (χ3n) is 3.90. The third kappa shape index (κ3) is 3.57. The molecule has 0 unspecified atom stereocenters. The van der Waals surface area contributed by atoms with Crippen LogP contribution < -0.4 is 5.73 Å². The van der Waals surface area contributed by atoms with Crippen LogP contribution in [0.3, 0.4) is 0 Å². The lowest BCUT2D eigenvalue weighted by Crippen LogP contribution is -2.32. The summed E-state index contributed by atoms with van der Waals surface area (Å²) in [4.78, 5) is 10.7. The van der Waals surface area contributed by atoms with Gasteiger partial charge in [0.25, 0.3) is 0 Å². The summed E-state index contributed by atoms with van der Waals surface area (Å²) in [6, 6.07) is 5.64. The molecule has 0 aliphatic carbocycles. The van der Waals surface area contributed by atoms with Crippen molar-refractivity contribution < 1.29 is 20.1 Å². The number of nitrogen functional groups attached to an aromatic ring is 1. The Morgan fingerprint density at radius 1 is 1.19 bits per heavy atom. The number of ether oxygens (including phenoxy) is 1. The van der Waals surface area contributed by atoms with Crippen molar-refractivity contribution in [3.05, 3.63) is 41.1 Å². The van der Waals surface area contributed by atoms with Crippen molar-refractivity contribution in [1.29, 1.82) is 0 Å². The van der Waals surface area contributed by atoms with Gasteiger partial charge in [-0.2, -0.15) is 5.10 Å². The number of hydrogen-bond donors (Lipinski definition) is 6. The first-order valence-corrected chi connectivity index (χ1v) is 8.14. The van der Waals surface area contributed by atoms with Gasteiger partial charge in [-0.3, -0.25) is 5.10 Å². The summed E-state index contributed by atoms with van der Waals surface area (Å²) in [6.45, 7) is -0.391. The van der Waals surface area contributed by atoms with E-state index in [-0.39, 0.29) is 5.82 Å². The molecular weight excluding hydrogens is 360 g/mol. The van der Waals surface area contributed by atoms with Gasteiger partial charge < -0.3 is 30.8 Å². The zero-order chi connectivity index (χ0) is 18.7. The summed E-state index contributed by atoms with van der Waals surface area (Å²) in [6.07, 6.45) is -0.978. The van der Waals surface area contributed by atoms with Crippen molar-refractivity contribution in [2.45, 2.75) is 24.4 Å². The lowest BCUT2D eigenvalue weighted by atomic mass is 10.1. The van der Waals surface area contributed by atoms with Crippen LogP contribution in [-0.2, 0) is 4.74 Å². The maximum Gasteiger partial charge on any atom is 0.155 e. The number of aliphatic hydroxyl groups excluding tert-OH is 3. The van der Waals surface area contributed by atoms with Gasteiger partial charge in [0.15, 0.2) is 11.3 Å². The number of fused-ring (bicyclic) bond motifs is 1. The minimum atomic E-state index is -1.18. The van der Waals surface area contributed by atoms with Gasteiger partial charge in [0, 0.05) is 6.20 Å². The lowest BCUT2D eigenvalue weighted by Gasteiger charge is -2.12. The molecule has 4 heterocycles. The van der Waals surface area contributed by atoms with Crippen LogP contribution >= 0.6 is 12.2 Å². The molecule has 1 aliphatic rings. The van der Waals surface area contributed by atoms with E-state index in [1.54, 1.807) is 0 Å². The number of nitrogens with one attached hydrogen (secondary N) is 2. The normalized spacial score (nSPS) is 25.0. The molecule has 0 amide bonds. The molecule has 3 aromatic heterocycles. The zero-order valence-electron chi connectivity index (χ0n) is 13.5. The number of pyridine rings is 1. The Labute approximate surface area is 152 Å². The highest BCUT2D eigenvalue weighted by atomic mass is 32.1. The second-order valence-corrected chi connectivity index (χ2v) is 6.02. The highest BCUT2D eigenvalue weighted by molar-refractivity contribution is 7.71. The highest BCUT2D eigenvalue weighted by Gasteiger charge is 2.44. The van der Waals surface area contributed by atoms with Gasteiger partial charge in [0.05, 0.1) is 12.3 Å². The molecule has 0 aromatic carbocycles. The lowest BCUT2D eigenvalue weighted by molar-refractivity contribution is -0.0236. The fraction of sp³-hybridized carbons (Fsp3) is 0.333. The Bertz CT molecular complexity index is 914. The Hall–Kier alpha value is -2.44. The molecule has 0 radical (unpaired) electrons. The van der Waals surface area contributed by atoms with Crippen molar-refractivity contribution in [1.82, 2.24) is 25.1 Å². The molecule has 0 saturated carbocycles. The molecule has 7 N–H and O–H groups in total. The summed E-state index contributed by atoms with van der Waals surface area (Å²) in [5.74, 6) is 0.208. The summed E-state index contributed by atoms with van der Waals surface area (Å²) in [7, 11) is 0. The van der Waals surface area contributed by atoms with Crippen molar-refractivity contribution in [2.75, 3.05) is 12.3 Å². The topological polar surface area (TPSA) is 166 Å². The van der Waals surface area contributed by atoms with E-state index in [0.29, 0.717) is 16.7 Å². The molecule has 138 valence electrons. The number of aliphatic hydroxyl groups is 3. The van der Waals surface area contributed by atoms with Gasteiger partial charge in [-0.05, 0) is 12.1 Å². The predicted molar refractivity (Wildman–Crippen MR) is 94.4 cm³/mol. The van der Waals surface area contributed by atoms with Gasteiger partial charge in [0.2, 0.25) is 0 Å². The van der Waals surface area contributed by atoms with Crippen LogP contribution in [0.15, 0.2) is 30.7 Å². The maximum absolute atomic E-state index is 9.95. The van der Waals surface area contributed by atoms with Gasteiger partial charge in [0.1, 0.15) is 40.9 Å². The number of hydrogen-bond acceptors (Lipinski definition) is 9. The van der Waals surface area contributed by atoms with Crippen molar-refractivity contribution >= 4 is 29.1 Å². The molecule has 0 bridgehead atoms. The summed E-state index contributed by atoms with van der Waals surface area (Å²) in [5.41, 5.74) is 6.84. The molecular formula is C15H18N6O4S. The standard InChI is InChI=1S/C10H13N5O4.C5H5NS/c11-10-6-4(12-2-13-10)5(14-15-6)9-8(18)7(17)3(1-16)19-9;7-5-3-1-2-4-6-5/h2-3,7-9,16-18H,1H2,(H,14,15)(H2,11,12,13);1-4H,(H,6,7)/t3-,7-,8-,9+;/m1./s1. The van der Waals surface area contributed by atoms with Crippen LogP contribution in [0.1, 0.15) is 11.8 Å². The molecule has 1 saturated heterocycles. The van der Waals surface area contributed by atoms with Crippen LogP contribution in [0.2, 0.25) is 0 Å². The molecule has 4 rings (SSSR count). The van der Waals surface area contributed by atoms with E-state index in [9.17, 15) is 10.2 Å². The van der Waals surface area contributed by atoms with E-state index in [1.807, 2.05) is 24.4 Å². The smallest absolute Gasteiger partial charge is 0.155 e. The molecule has 1 fully saturated rings. The summed E-state index contributed by atoms with van der Waals surface area (Å²) in [5, 5.41) is 35.4. The number of rotatable bonds is 2. The second-order valence-electron chi connectivity index (χ2n) is 5.58. The molecule has 10 nitrogen and oxygen atoms in total. The van der Waals surface area contributed by atoms with Gasteiger partial charge in [-0.15, -0.1) is 0 Å². The van der Waals surface area contributed by atoms with Crippen LogP contribution in [0, 0.1) is 4.64 Å². The van der Waals surface area contributed by atoms with E-state index in [0.717, 1.165) is 4.64 Å². The molecule has 3 aromatic rings. The Morgan fingerprint density at radius 2 is 2.00 bits per heavy atom. The maximum atomic E-state index is 9.95. The molecule has 11 heteroatoms. The highest BCUT2D eigenvalue weighted by Crippen LogP contribution is 2.35. The van der Waals surface area contributed by atoms with Crippen LogP contribution in [-0.4, -0.2) is 65.4 Å². The number of aromatic nitrogens is 5. The van der Waals surface area contributed by atoms with Gasteiger partial charge in [-0.25, -0.2) is 9.97 Å². The fourth-order valence-electron chi connectivity index (χ4n) is 2.58. The molecule has 0 spiro atoms.